The molecule has 0 amide bonds. The van der Waals surface area contributed by atoms with Crippen LogP contribution in [0, 0.1) is 0 Å². The molecule has 0 bridgehead atoms. The zero-order valence-corrected chi connectivity index (χ0v) is 22.6. The fourth-order valence-electron chi connectivity index (χ4n) is 4.91. The summed E-state index contributed by atoms with van der Waals surface area (Å²) in [5.41, 5.74) is 2.35. The van der Waals surface area contributed by atoms with Crippen LogP contribution < -0.4 is 9.05 Å². The maximum atomic E-state index is 13.2. The van der Waals surface area contributed by atoms with Gasteiger partial charge in [0.15, 0.2) is 0 Å². The molecule has 2 aromatic carbocycles. The van der Waals surface area contributed by atoms with E-state index in [9.17, 15) is 18.9 Å². The minimum atomic E-state index is -5.14. The van der Waals surface area contributed by atoms with Crippen molar-refractivity contribution in [3.8, 4) is 11.5 Å². The summed E-state index contributed by atoms with van der Waals surface area (Å²) in [6.07, 6.45) is 11.9. The van der Waals surface area contributed by atoms with Gasteiger partial charge in [-0.15, -0.1) is 0 Å². The van der Waals surface area contributed by atoms with E-state index in [0.717, 1.165) is 25.7 Å². The number of phosphoric ester groups is 1. The first kappa shape index (κ1) is 27.7. The second-order valence-corrected chi connectivity index (χ2v) is 11.9. The molecule has 0 aliphatic heterocycles. The van der Waals surface area contributed by atoms with E-state index >= 15 is 0 Å². The Morgan fingerprint density at radius 2 is 1.00 bits per heavy atom. The third kappa shape index (κ3) is 8.09. The van der Waals surface area contributed by atoms with Gasteiger partial charge in [-0.25, -0.2) is 9.13 Å². The number of phosphoric acid groups is 2. The second-order valence-electron chi connectivity index (χ2n) is 9.01. The van der Waals surface area contributed by atoms with Crippen LogP contribution in [0.25, 0.3) is 0 Å². The minimum absolute atomic E-state index is 0. The molecule has 2 aromatic rings. The zero-order chi connectivity index (χ0) is 23.3. The van der Waals surface area contributed by atoms with Gasteiger partial charge in [0.05, 0.1) is 0 Å². The molecule has 0 heterocycles. The Morgan fingerprint density at radius 3 is 1.32 bits per heavy atom. The van der Waals surface area contributed by atoms with Crippen LogP contribution in [0.5, 0.6) is 11.5 Å². The van der Waals surface area contributed by atoms with Gasteiger partial charge in [0, 0.05) is 0 Å². The third-order valence-corrected chi connectivity index (χ3v) is 9.07. The largest absolute Gasteiger partial charge is 2.00 e. The first-order chi connectivity index (χ1) is 15.8. The quantitative estimate of drug-likeness (QED) is 0.278. The van der Waals surface area contributed by atoms with Gasteiger partial charge >= 0.3 is 38.7 Å². The molecule has 0 unspecified atom stereocenters. The third-order valence-electron chi connectivity index (χ3n) is 6.55. The van der Waals surface area contributed by atoms with Crippen molar-refractivity contribution in [1.82, 2.24) is 0 Å². The van der Waals surface area contributed by atoms with Crippen LogP contribution in [0.1, 0.15) is 90.0 Å². The number of hydrogen-bond donors (Lipinski definition) is 2. The molecule has 184 valence electrons. The molecule has 0 atom stereocenters. The normalized spacial score (nSPS) is 18.2. The second kappa shape index (κ2) is 12.4. The smallest absolute Gasteiger partial charge is 1.00 e. The first-order valence-corrected chi connectivity index (χ1v) is 14.7. The van der Waals surface area contributed by atoms with E-state index in [1.165, 1.54) is 49.7 Å². The van der Waals surface area contributed by atoms with Crippen molar-refractivity contribution in [2.75, 3.05) is 0 Å². The number of hydrogen-bond acceptors (Lipinski definition) is 5. The monoisotopic (exact) mass is 520 g/mol. The Bertz CT molecular complexity index is 939. The van der Waals surface area contributed by atoms with E-state index in [-0.39, 0.29) is 37.4 Å². The van der Waals surface area contributed by atoms with Crippen LogP contribution >= 0.6 is 15.6 Å². The van der Waals surface area contributed by atoms with Gasteiger partial charge in [-0.1, -0.05) is 62.8 Å². The Kier molecular flexibility index (Phi) is 10.1. The Morgan fingerprint density at radius 1 is 0.647 bits per heavy atom. The van der Waals surface area contributed by atoms with Gasteiger partial charge in [0.1, 0.15) is 11.5 Å². The molecule has 10 heteroatoms. The maximum Gasteiger partial charge on any atom is 2.00 e. The molecular weight excluding hydrogens is 487 g/mol. The van der Waals surface area contributed by atoms with E-state index in [1.54, 1.807) is 24.3 Å². The van der Waals surface area contributed by atoms with E-state index < -0.39 is 15.6 Å². The molecule has 2 aliphatic carbocycles. The molecule has 0 saturated heterocycles. The molecule has 4 rings (SSSR count). The van der Waals surface area contributed by atoms with Crippen molar-refractivity contribution in [3.05, 3.63) is 59.7 Å². The number of benzene rings is 2. The van der Waals surface area contributed by atoms with Crippen molar-refractivity contribution >= 4 is 38.7 Å². The van der Waals surface area contributed by atoms with Crippen LogP contribution in [0.3, 0.4) is 0 Å². The predicted octanol–water partition coefficient (Wildman–Crippen LogP) is 7.30. The summed E-state index contributed by atoms with van der Waals surface area (Å²) >= 11 is 0. The summed E-state index contributed by atoms with van der Waals surface area (Å²) in [6.45, 7) is 0. The molecule has 2 aliphatic rings. The molecule has 34 heavy (non-hydrogen) atoms. The predicted molar refractivity (Wildman–Crippen MR) is 135 cm³/mol. The fraction of sp³-hybridized carbons (Fsp3) is 0.500. The SMILES string of the molecule is O=P(O)(O)OP(=O)(Oc1ccc(C2CCCCC2)cc1)Oc1ccc(C2CCCCC2)cc1.[H-].[H-].[Mg+2]. The molecule has 2 N–H and O–H groups in total. The Balaban J connectivity index is 0.00000216. The molecule has 7 nitrogen and oxygen atoms in total. The topological polar surface area (TPSA) is 102 Å². The van der Waals surface area contributed by atoms with Crippen LogP contribution in [-0.2, 0) is 13.4 Å². The maximum absolute atomic E-state index is 13.2. The van der Waals surface area contributed by atoms with E-state index in [4.69, 9.17) is 9.05 Å². The summed E-state index contributed by atoms with van der Waals surface area (Å²) in [5.74, 6) is 1.30. The van der Waals surface area contributed by atoms with Gasteiger partial charge in [-0.3, -0.25) is 0 Å². The van der Waals surface area contributed by atoms with Crippen LogP contribution in [0.2, 0.25) is 0 Å². The summed E-state index contributed by atoms with van der Waals surface area (Å²) in [6, 6.07) is 14.1. The van der Waals surface area contributed by atoms with E-state index in [0.29, 0.717) is 11.8 Å². The minimum Gasteiger partial charge on any atom is -1.00 e. The van der Waals surface area contributed by atoms with Crippen molar-refractivity contribution < 1.29 is 35.1 Å². The fourth-order valence-corrected chi connectivity index (χ4v) is 7.02. The average Bonchev–Trinajstić information content (AvgIpc) is 2.80. The van der Waals surface area contributed by atoms with Crippen molar-refractivity contribution in [2.45, 2.75) is 76.0 Å². The van der Waals surface area contributed by atoms with Gasteiger partial charge in [-0.2, -0.15) is 4.31 Å². The number of rotatable bonds is 8. The zero-order valence-electron chi connectivity index (χ0n) is 21.4. The van der Waals surface area contributed by atoms with Crippen LogP contribution in [-0.4, -0.2) is 32.8 Å². The standard InChI is InChI=1S/C24H32O7P2.Mg.2H/c25-32(26,27)31-33(28,29-23-15-11-21(12-16-23)19-7-3-1-4-8-19)30-24-17-13-22(14-18-24)20-9-5-2-6-10-20;;;/h11-20H,1-10H2,(H2,25,26,27);;;/q;+2;2*-1. The van der Waals surface area contributed by atoms with Gasteiger partial charge in [-0.05, 0) is 72.9 Å². The van der Waals surface area contributed by atoms with Crippen LogP contribution in [0.15, 0.2) is 48.5 Å². The molecule has 0 radical (unpaired) electrons. The molecular formula is C24H34MgO7P2. The van der Waals surface area contributed by atoms with E-state index in [1.807, 2.05) is 24.3 Å². The van der Waals surface area contributed by atoms with Gasteiger partial charge < -0.3 is 21.7 Å². The van der Waals surface area contributed by atoms with Crippen LogP contribution in [0.4, 0.5) is 0 Å². The van der Waals surface area contributed by atoms with Gasteiger partial charge in [0.2, 0.25) is 0 Å². The molecule has 2 fully saturated rings. The summed E-state index contributed by atoms with van der Waals surface area (Å²) in [5, 5.41) is 0. The van der Waals surface area contributed by atoms with Gasteiger partial charge in [0.25, 0.3) is 0 Å². The molecule has 0 spiro atoms. The first-order valence-electron chi connectivity index (χ1n) is 11.8. The van der Waals surface area contributed by atoms with Crippen molar-refractivity contribution in [2.24, 2.45) is 0 Å². The Labute approximate surface area is 220 Å². The summed E-state index contributed by atoms with van der Waals surface area (Å²) < 4.78 is 40.0. The molecule has 0 aromatic heterocycles. The summed E-state index contributed by atoms with van der Waals surface area (Å²) in [7, 11) is -9.78. The summed E-state index contributed by atoms with van der Waals surface area (Å²) in [4.78, 5) is 18.6. The van der Waals surface area contributed by atoms with Crippen molar-refractivity contribution in [1.29, 1.82) is 0 Å². The Hall–Kier alpha value is -0.854. The molecule has 2 saturated carbocycles. The van der Waals surface area contributed by atoms with E-state index in [2.05, 4.69) is 4.31 Å². The van der Waals surface area contributed by atoms with Crippen molar-refractivity contribution in [3.63, 3.8) is 0 Å². The average molecular weight is 521 g/mol.